The average molecular weight is 190 g/mol. The van der Waals surface area contributed by atoms with E-state index in [1.54, 1.807) is 12.3 Å². The Kier molecular flexibility index (Phi) is 4.09. The first-order chi connectivity index (χ1) is 6.76. The minimum absolute atomic E-state index is 0.258. The number of rotatable bonds is 4. The molecule has 0 aromatic carbocycles. The third-order valence-corrected chi connectivity index (χ3v) is 2.05. The molecule has 0 aliphatic heterocycles. The molecule has 3 heteroatoms. The smallest absolute Gasteiger partial charge is 0.140 e. The van der Waals surface area contributed by atoms with Crippen molar-refractivity contribution < 1.29 is 4.74 Å². The molecule has 0 aliphatic carbocycles. The van der Waals surface area contributed by atoms with Crippen molar-refractivity contribution >= 4 is 0 Å². The predicted molar refractivity (Wildman–Crippen MR) is 53.5 cm³/mol. The van der Waals surface area contributed by atoms with E-state index in [9.17, 15) is 0 Å². The fraction of sp³-hybridized carbons (Fsp3) is 0.455. The van der Waals surface area contributed by atoms with Crippen molar-refractivity contribution in [3.8, 4) is 6.07 Å². The van der Waals surface area contributed by atoms with Gasteiger partial charge in [-0.05, 0) is 31.0 Å². The van der Waals surface area contributed by atoms with Gasteiger partial charge in [-0.2, -0.15) is 5.26 Å². The summed E-state index contributed by atoms with van der Waals surface area (Å²) in [5.74, 6) is 0. The molecule has 0 spiro atoms. The van der Waals surface area contributed by atoms with Crippen molar-refractivity contribution in [2.75, 3.05) is 0 Å². The number of nitriles is 1. The molecule has 1 aromatic rings. The molecule has 1 atom stereocenters. The second-order valence-corrected chi connectivity index (χ2v) is 3.19. The fourth-order valence-corrected chi connectivity index (χ4v) is 0.982. The Hall–Kier alpha value is -1.40. The van der Waals surface area contributed by atoms with Crippen LogP contribution in [0, 0.1) is 11.3 Å². The molecule has 14 heavy (non-hydrogen) atoms. The zero-order valence-electron chi connectivity index (χ0n) is 8.53. The van der Waals surface area contributed by atoms with E-state index >= 15 is 0 Å². The summed E-state index contributed by atoms with van der Waals surface area (Å²) in [4.78, 5) is 3.89. The van der Waals surface area contributed by atoms with Crippen LogP contribution >= 0.6 is 0 Å². The van der Waals surface area contributed by atoms with Crippen LogP contribution in [-0.2, 0) is 11.3 Å². The minimum atomic E-state index is 0.258. The van der Waals surface area contributed by atoms with E-state index in [4.69, 9.17) is 10.00 Å². The Morgan fingerprint density at radius 2 is 2.43 bits per heavy atom. The van der Waals surface area contributed by atoms with Gasteiger partial charge in [-0.25, -0.2) is 4.98 Å². The van der Waals surface area contributed by atoms with E-state index in [-0.39, 0.29) is 6.10 Å². The number of aromatic nitrogens is 1. The summed E-state index contributed by atoms with van der Waals surface area (Å²) in [5, 5.41) is 8.63. The third kappa shape index (κ3) is 3.15. The molecule has 0 bridgehead atoms. The van der Waals surface area contributed by atoms with Gasteiger partial charge in [0.25, 0.3) is 0 Å². The van der Waals surface area contributed by atoms with Crippen molar-refractivity contribution in [3.63, 3.8) is 0 Å². The van der Waals surface area contributed by atoms with E-state index in [0.717, 1.165) is 12.0 Å². The summed E-state index contributed by atoms with van der Waals surface area (Å²) < 4.78 is 5.54. The predicted octanol–water partition coefficient (Wildman–Crippen LogP) is 2.27. The third-order valence-electron chi connectivity index (χ3n) is 2.05. The summed E-state index contributed by atoms with van der Waals surface area (Å²) in [6, 6.07) is 5.62. The lowest BCUT2D eigenvalue weighted by Crippen LogP contribution is -2.06. The Labute approximate surface area is 84.3 Å². The second-order valence-electron chi connectivity index (χ2n) is 3.19. The number of ether oxygens (including phenoxy) is 1. The van der Waals surface area contributed by atoms with Gasteiger partial charge in [0.2, 0.25) is 0 Å². The van der Waals surface area contributed by atoms with Gasteiger partial charge < -0.3 is 4.74 Å². The van der Waals surface area contributed by atoms with Gasteiger partial charge in [0.05, 0.1) is 12.7 Å². The summed E-state index contributed by atoms with van der Waals surface area (Å²) in [6.45, 7) is 4.66. The van der Waals surface area contributed by atoms with Gasteiger partial charge in [-0.1, -0.05) is 6.92 Å². The van der Waals surface area contributed by atoms with Crippen molar-refractivity contribution in [3.05, 3.63) is 29.6 Å². The molecule has 1 aromatic heterocycles. The molecule has 0 N–H and O–H groups in total. The zero-order valence-corrected chi connectivity index (χ0v) is 8.53. The fourth-order valence-electron chi connectivity index (χ4n) is 0.982. The van der Waals surface area contributed by atoms with E-state index in [1.807, 2.05) is 19.1 Å². The Morgan fingerprint density at radius 3 is 3.07 bits per heavy atom. The van der Waals surface area contributed by atoms with Crippen LogP contribution in [-0.4, -0.2) is 11.1 Å². The highest BCUT2D eigenvalue weighted by molar-refractivity contribution is 5.24. The van der Waals surface area contributed by atoms with Gasteiger partial charge in [0.15, 0.2) is 0 Å². The normalized spacial score (nSPS) is 12.1. The van der Waals surface area contributed by atoms with E-state index < -0.39 is 0 Å². The summed E-state index contributed by atoms with van der Waals surface area (Å²) >= 11 is 0. The SMILES string of the molecule is CCC(C)OCc1ccnc(C#N)c1. The molecular formula is C11H14N2O. The number of hydrogen-bond acceptors (Lipinski definition) is 3. The van der Waals surface area contributed by atoms with Crippen molar-refractivity contribution in [2.24, 2.45) is 0 Å². The first-order valence-corrected chi connectivity index (χ1v) is 4.73. The van der Waals surface area contributed by atoms with Gasteiger partial charge in [0.1, 0.15) is 11.8 Å². The zero-order chi connectivity index (χ0) is 10.4. The lowest BCUT2D eigenvalue weighted by molar-refractivity contribution is 0.0508. The van der Waals surface area contributed by atoms with E-state index in [2.05, 4.69) is 11.9 Å². The van der Waals surface area contributed by atoms with Crippen LogP contribution in [0.5, 0.6) is 0 Å². The molecule has 3 nitrogen and oxygen atoms in total. The molecule has 0 radical (unpaired) electrons. The van der Waals surface area contributed by atoms with Crippen LogP contribution < -0.4 is 0 Å². The topological polar surface area (TPSA) is 45.9 Å². The van der Waals surface area contributed by atoms with Crippen molar-refractivity contribution in [1.29, 1.82) is 5.26 Å². The van der Waals surface area contributed by atoms with Gasteiger partial charge >= 0.3 is 0 Å². The maximum absolute atomic E-state index is 8.63. The molecule has 0 saturated carbocycles. The Morgan fingerprint density at radius 1 is 1.64 bits per heavy atom. The van der Waals surface area contributed by atoms with Crippen LogP contribution in [0.25, 0.3) is 0 Å². The lowest BCUT2D eigenvalue weighted by atomic mass is 10.2. The first-order valence-electron chi connectivity index (χ1n) is 4.73. The highest BCUT2D eigenvalue weighted by Gasteiger charge is 2.00. The molecule has 0 aliphatic rings. The van der Waals surface area contributed by atoms with Crippen LogP contribution in [0.4, 0.5) is 0 Å². The van der Waals surface area contributed by atoms with E-state index in [0.29, 0.717) is 12.3 Å². The highest BCUT2D eigenvalue weighted by Crippen LogP contribution is 2.06. The Balaban J connectivity index is 2.55. The van der Waals surface area contributed by atoms with Gasteiger partial charge in [-0.3, -0.25) is 0 Å². The van der Waals surface area contributed by atoms with Crippen LogP contribution in [0.1, 0.15) is 31.5 Å². The molecule has 0 fully saturated rings. The van der Waals surface area contributed by atoms with Gasteiger partial charge in [-0.15, -0.1) is 0 Å². The lowest BCUT2D eigenvalue weighted by Gasteiger charge is -2.10. The summed E-state index contributed by atoms with van der Waals surface area (Å²) in [7, 11) is 0. The number of hydrogen-bond donors (Lipinski definition) is 0. The maximum atomic E-state index is 8.63. The number of pyridine rings is 1. The highest BCUT2D eigenvalue weighted by atomic mass is 16.5. The molecule has 0 saturated heterocycles. The largest absolute Gasteiger partial charge is 0.374 e. The molecule has 1 unspecified atom stereocenters. The van der Waals surface area contributed by atoms with Crippen molar-refractivity contribution in [2.45, 2.75) is 33.0 Å². The monoisotopic (exact) mass is 190 g/mol. The first kappa shape index (κ1) is 10.7. The molecule has 0 amide bonds. The summed E-state index contributed by atoms with van der Waals surface area (Å²) in [5.41, 5.74) is 1.44. The summed E-state index contributed by atoms with van der Waals surface area (Å²) in [6.07, 6.45) is 2.89. The average Bonchev–Trinajstić information content (AvgIpc) is 2.26. The van der Waals surface area contributed by atoms with Crippen LogP contribution in [0.2, 0.25) is 0 Å². The van der Waals surface area contributed by atoms with Crippen molar-refractivity contribution in [1.82, 2.24) is 4.98 Å². The van der Waals surface area contributed by atoms with Crippen LogP contribution in [0.15, 0.2) is 18.3 Å². The van der Waals surface area contributed by atoms with E-state index in [1.165, 1.54) is 0 Å². The Bertz CT molecular complexity index is 330. The van der Waals surface area contributed by atoms with Gasteiger partial charge in [0, 0.05) is 6.20 Å². The second kappa shape index (κ2) is 5.36. The molecule has 1 heterocycles. The minimum Gasteiger partial charge on any atom is -0.374 e. The maximum Gasteiger partial charge on any atom is 0.140 e. The molecular weight excluding hydrogens is 176 g/mol. The molecule has 74 valence electrons. The molecule has 1 rings (SSSR count). The number of nitrogens with zero attached hydrogens (tertiary/aromatic N) is 2. The van der Waals surface area contributed by atoms with Crippen LogP contribution in [0.3, 0.4) is 0 Å². The quantitative estimate of drug-likeness (QED) is 0.731. The standard InChI is InChI=1S/C11H14N2O/c1-3-9(2)14-8-10-4-5-13-11(6-10)7-12/h4-6,9H,3,8H2,1-2H3.